The van der Waals surface area contributed by atoms with E-state index in [9.17, 15) is 0 Å². The van der Waals surface area contributed by atoms with Crippen LogP contribution in [0.1, 0.15) is 38.5 Å². The third-order valence-corrected chi connectivity index (χ3v) is 3.32. The highest BCUT2D eigenvalue weighted by Crippen LogP contribution is 2.30. The second kappa shape index (κ2) is 3.57. The van der Waals surface area contributed by atoms with Gasteiger partial charge in [-0.05, 0) is 31.3 Å². The molecule has 1 heteroatoms. The molecule has 2 aliphatic rings. The molecular formula is C10H19N. The largest absolute Gasteiger partial charge is 0.316 e. The summed E-state index contributed by atoms with van der Waals surface area (Å²) in [6.07, 6.45) is 9.09. The van der Waals surface area contributed by atoms with Crippen molar-refractivity contribution in [1.82, 2.24) is 5.32 Å². The van der Waals surface area contributed by atoms with E-state index in [-0.39, 0.29) is 0 Å². The number of rotatable bonds is 3. The van der Waals surface area contributed by atoms with Gasteiger partial charge in [-0.25, -0.2) is 0 Å². The minimum Gasteiger partial charge on any atom is -0.316 e. The summed E-state index contributed by atoms with van der Waals surface area (Å²) in [5.74, 6) is 2.14. The fourth-order valence-electron chi connectivity index (χ4n) is 2.32. The van der Waals surface area contributed by atoms with Crippen molar-refractivity contribution in [3.8, 4) is 0 Å². The van der Waals surface area contributed by atoms with Gasteiger partial charge in [0.2, 0.25) is 0 Å². The molecule has 0 radical (unpaired) electrons. The van der Waals surface area contributed by atoms with E-state index in [1.54, 1.807) is 0 Å². The zero-order valence-electron chi connectivity index (χ0n) is 7.31. The van der Waals surface area contributed by atoms with Gasteiger partial charge >= 0.3 is 0 Å². The van der Waals surface area contributed by atoms with Crippen LogP contribution in [0.3, 0.4) is 0 Å². The first-order chi connectivity index (χ1) is 5.45. The van der Waals surface area contributed by atoms with Crippen molar-refractivity contribution in [1.29, 1.82) is 0 Å². The molecule has 1 N–H and O–H groups in total. The van der Waals surface area contributed by atoms with Crippen molar-refractivity contribution in [2.24, 2.45) is 11.8 Å². The summed E-state index contributed by atoms with van der Waals surface area (Å²) in [7, 11) is 0. The highest BCUT2D eigenvalue weighted by Gasteiger charge is 2.20. The number of hydrogen-bond acceptors (Lipinski definition) is 1. The molecule has 1 aliphatic heterocycles. The molecule has 2 rings (SSSR count). The van der Waals surface area contributed by atoms with Crippen LogP contribution in [0.25, 0.3) is 0 Å². The van der Waals surface area contributed by atoms with Crippen LogP contribution < -0.4 is 5.32 Å². The van der Waals surface area contributed by atoms with Crippen molar-refractivity contribution in [3.63, 3.8) is 0 Å². The van der Waals surface area contributed by atoms with Crippen molar-refractivity contribution in [2.75, 3.05) is 13.1 Å². The molecule has 1 heterocycles. The zero-order chi connectivity index (χ0) is 7.52. The lowest BCUT2D eigenvalue weighted by Gasteiger charge is -2.27. The Kier molecular flexibility index (Phi) is 2.47. The molecule has 0 aromatic rings. The van der Waals surface area contributed by atoms with E-state index in [2.05, 4.69) is 5.32 Å². The maximum Gasteiger partial charge on any atom is -0.000825 e. The van der Waals surface area contributed by atoms with E-state index in [1.807, 2.05) is 0 Å². The molecule has 0 atom stereocenters. The minimum absolute atomic E-state index is 1.04. The van der Waals surface area contributed by atoms with Gasteiger partial charge in [0, 0.05) is 0 Å². The van der Waals surface area contributed by atoms with Crippen LogP contribution in [0, 0.1) is 11.8 Å². The Morgan fingerprint density at radius 3 is 2.09 bits per heavy atom. The lowest BCUT2D eigenvalue weighted by Crippen LogP contribution is -2.41. The number of hydrogen-bond donors (Lipinski definition) is 1. The Morgan fingerprint density at radius 2 is 1.55 bits per heavy atom. The van der Waals surface area contributed by atoms with E-state index >= 15 is 0 Å². The highest BCUT2D eigenvalue weighted by atomic mass is 14.9. The van der Waals surface area contributed by atoms with E-state index < -0.39 is 0 Å². The quantitative estimate of drug-likeness (QED) is 0.655. The average Bonchev–Trinajstić information content (AvgIpc) is 2.36. The molecule has 0 aromatic heterocycles. The Labute approximate surface area is 69.6 Å². The third kappa shape index (κ3) is 1.96. The highest BCUT2D eigenvalue weighted by molar-refractivity contribution is 4.76. The SMILES string of the molecule is C1CCC(CCC2CNC2)C1. The summed E-state index contributed by atoms with van der Waals surface area (Å²) in [4.78, 5) is 0. The third-order valence-electron chi connectivity index (χ3n) is 3.32. The van der Waals surface area contributed by atoms with Crippen LogP contribution in [0.5, 0.6) is 0 Å². The zero-order valence-corrected chi connectivity index (χ0v) is 7.31. The molecule has 0 spiro atoms. The van der Waals surface area contributed by atoms with Crippen LogP contribution in [0.2, 0.25) is 0 Å². The molecular weight excluding hydrogens is 134 g/mol. The van der Waals surface area contributed by atoms with E-state index in [1.165, 1.54) is 51.6 Å². The second-order valence-corrected chi connectivity index (χ2v) is 4.25. The van der Waals surface area contributed by atoms with Gasteiger partial charge in [0.15, 0.2) is 0 Å². The number of nitrogens with one attached hydrogen (secondary N) is 1. The summed E-state index contributed by atoms with van der Waals surface area (Å²) < 4.78 is 0. The van der Waals surface area contributed by atoms with Crippen LogP contribution >= 0.6 is 0 Å². The van der Waals surface area contributed by atoms with E-state index in [4.69, 9.17) is 0 Å². The van der Waals surface area contributed by atoms with Gasteiger partial charge in [-0.1, -0.05) is 32.1 Å². The van der Waals surface area contributed by atoms with E-state index in [0.717, 1.165) is 11.8 Å². The van der Waals surface area contributed by atoms with Crippen molar-refractivity contribution >= 4 is 0 Å². The Hall–Kier alpha value is -0.0400. The summed E-state index contributed by atoms with van der Waals surface area (Å²) >= 11 is 0. The predicted molar refractivity (Wildman–Crippen MR) is 47.6 cm³/mol. The first kappa shape index (κ1) is 7.60. The van der Waals surface area contributed by atoms with Crippen molar-refractivity contribution in [3.05, 3.63) is 0 Å². The predicted octanol–water partition coefficient (Wildman–Crippen LogP) is 2.18. The van der Waals surface area contributed by atoms with Gasteiger partial charge < -0.3 is 5.32 Å². The molecule has 11 heavy (non-hydrogen) atoms. The van der Waals surface area contributed by atoms with Crippen molar-refractivity contribution in [2.45, 2.75) is 38.5 Å². The standard InChI is InChI=1S/C10H19N/c1-2-4-9(3-1)5-6-10-7-11-8-10/h9-11H,1-8H2. The lowest BCUT2D eigenvalue weighted by molar-refractivity contribution is 0.297. The average molecular weight is 153 g/mol. The van der Waals surface area contributed by atoms with Crippen LogP contribution in [0.15, 0.2) is 0 Å². The molecule has 0 unspecified atom stereocenters. The molecule has 0 aromatic carbocycles. The Bertz CT molecular complexity index is 112. The fraction of sp³-hybridized carbons (Fsp3) is 1.00. The first-order valence-electron chi connectivity index (χ1n) is 5.16. The van der Waals surface area contributed by atoms with Crippen LogP contribution in [-0.2, 0) is 0 Å². The Balaban J connectivity index is 1.57. The van der Waals surface area contributed by atoms with Crippen molar-refractivity contribution < 1.29 is 0 Å². The maximum absolute atomic E-state index is 3.34. The maximum atomic E-state index is 3.34. The van der Waals surface area contributed by atoms with Gasteiger partial charge in [-0.15, -0.1) is 0 Å². The molecule has 1 nitrogen and oxygen atoms in total. The van der Waals surface area contributed by atoms with Crippen LogP contribution in [0.4, 0.5) is 0 Å². The monoisotopic (exact) mass is 153 g/mol. The smallest absolute Gasteiger partial charge is 0.000825 e. The molecule has 0 bridgehead atoms. The summed E-state index contributed by atoms with van der Waals surface area (Å²) in [5.41, 5.74) is 0. The minimum atomic E-state index is 1.04. The first-order valence-corrected chi connectivity index (χ1v) is 5.16. The van der Waals surface area contributed by atoms with Gasteiger partial charge in [-0.2, -0.15) is 0 Å². The molecule has 64 valence electrons. The normalized spacial score (nSPS) is 27.3. The summed E-state index contributed by atoms with van der Waals surface area (Å²) in [6, 6.07) is 0. The molecule has 1 saturated carbocycles. The van der Waals surface area contributed by atoms with Gasteiger partial charge in [0.1, 0.15) is 0 Å². The summed E-state index contributed by atoms with van der Waals surface area (Å²) in [5, 5.41) is 3.34. The van der Waals surface area contributed by atoms with Crippen LogP contribution in [-0.4, -0.2) is 13.1 Å². The molecule has 1 saturated heterocycles. The Morgan fingerprint density at radius 1 is 0.909 bits per heavy atom. The van der Waals surface area contributed by atoms with E-state index in [0.29, 0.717) is 0 Å². The fourth-order valence-corrected chi connectivity index (χ4v) is 2.32. The summed E-state index contributed by atoms with van der Waals surface area (Å²) in [6.45, 7) is 2.60. The van der Waals surface area contributed by atoms with Gasteiger partial charge in [0.25, 0.3) is 0 Å². The lowest BCUT2D eigenvalue weighted by atomic mass is 9.91. The second-order valence-electron chi connectivity index (χ2n) is 4.25. The topological polar surface area (TPSA) is 12.0 Å². The molecule has 2 fully saturated rings. The molecule has 0 amide bonds. The van der Waals surface area contributed by atoms with Gasteiger partial charge in [-0.3, -0.25) is 0 Å². The van der Waals surface area contributed by atoms with Gasteiger partial charge in [0.05, 0.1) is 0 Å². The molecule has 1 aliphatic carbocycles.